The monoisotopic (exact) mass is 293 g/mol. The first-order chi connectivity index (χ1) is 9.04. The van der Waals surface area contributed by atoms with Gasteiger partial charge in [0, 0.05) is 22.8 Å². The number of hydrogen-bond donors (Lipinski definition) is 0. The lowest BCUT2D eigenvalue weighted by molar-refractivity contribution is 0.103. The normalized spacial score (nSPS) is 11.0. The van der Waals surface area contributed by atoms with Crippen LogP contribution in [0.1, 0.15) is 35.8 Å². The van der Waals surface area contributed by atoms with Gasteiger partial charge in [-0.1, -0.05) is 11.6 Å². The van der Waals surface area contributed by atoms with Crippen LogP contribution in [0.5, 0.6) is 0 Å². The molecule has 0 radical (unpaired) electrons. The van der Waals surface area contributed by atoms with Gasteiger partial charge in [-0.25, -0.2) is 0 Å². The van der Waals surface area contributed by atoms with Crippen molar-refractivity contribution in [2.24, 2.45) is 0 Å². The van der Waals surface area contributed by atoms with E-state index < -0.39 is 0 Å². The van der Waals surface area contributed by atoms with Gasteiger partial charge in [0.25, 0.3) is 0 Å². The number of ketones is 1. The second-order valence-electron chi connectivity index (χ2n) is 4.58. The summed E-state index contributed by atoms with van der Waals surface area (Å²) in [6.07, 6.45) is 3.96. The molecule has 0 amide bonds. The largest absolute Gasteiger partial charge is 0.340 e. The SMILES string of the molecule is CSc1c(C(=O)c2ccc(Cl)cc2)ccn1C(C)C. The summed E-state index contributed by atoms with van der Waals surface area (Å²) in [5.41, 5.74) is 1.42. The number of carbonyl (C=O) groups excluding carboxylic acids is 1. The lowest BCUT2D eigenvalue weighted by Crippen LogP contribution is -2.05. The number of nitrogens with zero attached hydrogens (tertiary/aromatic N) is 1. The van der Waals surface area contributed by atoms with E-state index in [1.807, 2.05) is 18.5 Å². The molecule has 1 aromatic heterocycles. The molecule has 0 unspecified atom stereocenters. The van der Waals surface area contributed by atoms with Crippen molar-refractivity contribution in [3.05, 3.63) is 52.7 Å². The molecule has 2 aromatic rings. The molecule has 0 aliphatic heterocycles. The molecule has 19 heavy (non-hydrogen) atoms. The second-order valence-corrected chi connectivity index (χ2v) is 5.81. The van der Waals surface area contributed by atoms with Crippen molar-refractivity contribution in [2.75, 3.05) is 6.26 Å². The van der Waals surface area contributed by atoms with Crippen LogP contribution in [0.3, 0.4) is 0 Å². The Kier molecular flexibility index (Phi) is 4.38. The minimum absolute atomic E-state index is 0.0421. The van der Waals surface area contributed by atoms with Crippen molar-refractivity contribution in [2.45, 2.75) is 24.9 Å². The van der Waals surface area contributed by atoms with Gasteiger partial charge in [0.2, 0.25) is 0 Å². The molecule has 0 saturated heterocycles. The van der Waals surface area contributed by atoms with Crippen LogP contribution in [-0.4, -0.2) is 16.6 Å². The number of halogens is 1. The summed E-state index contributed by atoms with van der Waals surface area (Å²) in [6, 6.07) is 9.25. The topological polar surface area (TPSA) is 22.0 Å². The first-order valence-electron chi connectivity index (χ1n) is 6.09. The van der Waals surface area contributed by atoms with Crippen LogP contribution in [-0.2, 0) is 0 Å². The molecular weight excluding hydrogens is 278 g/mol. The lowest BCUT2D eigenvalue weighted by atomic mass is 10.1. The van der Waals surface area contributed by atoms with Crippen molar-refractivity contribution in [3.8, 4) is 0 Å². The van der Waals surface area contributed by atoms with Gasteiger partial charge >= 0.3 is 0 Å². The molecule has 4 heteroatoms. The Labute approximate surface area is 122 Å². The maximum atomic E-state index is 12.5. The molecule has 1 heterocycles. The first kappa shape index (κ1) is 14.2. The van der Waals surface area contributed by atoms with Gasteiger partial charge in [-0.3, -0.25) is 4.79 Å². The van der Waals surface area contributed by atoms with Crippen molar-refractivity contribution >= 4 is 29.1 Å². The third kappa shape index (κ3) is 2.88. The molecule has 0 N–H and O–H groups in total. The predicted octanol–water partition coefficient (Wildman–Crippen LogP) is 4.68. The molecule has 0 bridgehead atoms. The molecule has 2 rings (SSSR count). The van der Waals surface area contributed by atoms with Crippen LogP contribution in [0.4, 0.5) is 0 Å². The van der Waals surface area contributed by atoms with Crippen LogP contribution in [0.15, 0.2) is 41.6 Å². The van der Waals surface area contributed by atoms with E-state index in [9.17, 15) is 4.79 Å². The number of benzene rings is 1. The van der Waals surface area contributed by atoms with E-state index in [2.05, 4.69) is 18.4 Å². The lowest BCUT2D eigenvalue weighted by Gasteiger charge is -2.12. The Morgan fingerprint density at radius 2 is 1.84 bits per heavy atom. The van der Waals surface area contributed by atoms with E-state index in [-0.39, 0.29) is 5.78 Å². The minimum Gasteiger partial charge on any atom is -0.340 e. The third-order valence-corrected chi connectivity index (χ3v) is 4.04. The highest BCUT2D eigenvalue weighted by Crippen LogP contribution is 2.27. The van der Waals surface area contributed by atoms with E-state index in [4.69, 9.17) is 11.6 Å². The Hall–Kier alpha value is -1.19. The predicted molar refractivity (Wildman–Crippen MR) is 81.5 cm³/mol. The number of aromatic nitrogens is 1. The highest BCUT2D eigenvalue weighted by atomic mass is 35.5. The molecule has 2 nitrogen and oxygen atoms in total. The van der Waals surface area contributed by atoms with Gasteiger partial charge in [-0.2, -0.15) is 0 Å². The summed E-state index contributed by atoms with van der Waals surface area (Å²) in [4.78, 5) is 12.5. The van der Waals surface area contributed by atoms with Crippen molar-refractivity contribution < 1.29 is 4.79 Å². The summed E-state index contributed by atoms with van der Waals surface area (Å²) < 4.78 is 2.12. The summed E-state index contributed by atoms with van der Waals surface area (Å²) >= 11 is 7.45. The van der Waals surface area contributed by atoms with Gasteiger partial charge in [-0.15, -0.1) is 11.8 Å². The summed E-state index contributed by atoms with van der Waals surface area (Å²) in [5.74, 6) is 0.0421. The van der Waals surface area contributed by atoms with Crippen molar-refractivity contribution in [1.29, 1.82) is 0 Å². The summed E-state index contributed by atoms with van der Waals surface area (Å²) in [5, 5.41) is 1.65. The Morgan fingerprint density at radius 1 is 1.21 bits per heavy atom. The van der Waals surface area contributed by atoms with Gasteiger partial charge in [0.1, 0.15) is 0 Å². The number of rotatable bonds is 4. The Morgan fingerprint density at radius 3 is 2.37 bits per heavy atom. The molecular formula is C15H16ClNOS. The van der Waals surface area contributed by atoms with E-state index in [1.54, 1.807) is 36.0 Å². The smallest absolute Gasteiger partial charge is 0.195 e. The minimum atomic E-state index is 0.0421. The number of carbonyl (C=O) groups is 1. The molecule has 0 aliphatic carbocycles. The molecule has 0 fully saturated rings. The fourth-order valence-electron chi connectivity index (χ4n) is 1.98. The van der Waals surface area contributed by atoms with Crippen LogP contribution in [0, 0.1) is 0 Å². The average molecular weight is 294 g/mol. The van der Waals surface area contributed by atoms with Crippen LogP contribution >= 0.6 is 23.4 Å². The standard InChI is InChI=1S/C15H16ClNOS/c1-10(2)17-9-8-13(15(17)19-3)14(18)11-4-6-12(16)7-5-11/h4-10H,1-3H3. The first-order valence-corrected chi connectivity index (χ1v) is 7.70. The van der Waals surface area contributed by atoms with E-state index >= 15 is 0 Å². The fourth-order valence-corrected chi connectivity index (χ4v) is 2.97. The number of hydrogen-bond acceptors (Lipinski definition) is 2. The third-order valence-electron chi connectivity index (χ3n) is 2.97. The van der Waals surface area contributed by atoms with Gasteiger partial charge in [0.05, 0.1) is 10.6 Å². The highest BCUT2D eigenvalue weighted by Gasteiger charge is 2.18. The van der Waals surface area contributed by atoms with Crippen molar-refractivity contribution in [3.63, 3.8) is 0 Å². The molecule has 100 valence electrons. The summed E-state index contributed by atoms with van der Waals surface area (Å²) in [6.45, 7) is 4.21. The summed E-state index contributed by atoms with van der Waals surface area (Å²) in [7, 11) is 0. The maximum Gasteiger partial charge on any atom is 0.195 e. The second kappa shape index (κ2) is 5.85. The van der Waals surface area contributed by atoms with Crippen LogP contribution < -0.4 is 0 Å². The van der Waals surface area contributed by atoms with E-state index in [0.717, 1.165) is 10.6 Å². The molecule has 0 spiro atoms. The Balaban J connectivity index is 2.41. The highest BCUT2D eigenvalue weighted by molar-refractivity contribution is 7.98. The van der Waals surface area contributed by atoms with E-state index in [1.165, 1.54) is 0 Å². The maximum absolute atomic E-state index is 12.5. The molecule has 0 saturated carbocycles. The zero-order chi connectivity index (χ0) is 14.0. The van der Waals surface area contributed by atoms with Crippen LogP contribution in [0.2, 0.25) is 5.02 Å². The van der Waals surface area contributed by atoms with Gasteiger partial charge in [0.15, 0.2) is 5.78 Å². The quantitative estimate of drug-likeness (QED) is 0.603. The zero-order valence-electron chi connectivity index (χ0n) is 11.2. The zero-order valence-corrected chi connectivity index (χ0v) is 12.8. The van der Waals surface area contributed by atoms with E-state index in [0.29, 0.717) is 16.6 Å². The fraction of sp³-hybridized carbons (Fsp3) is 0.267. The Bertz CT molecular complexity index is 587. The van der Waals surface area contributed by atoms with Gasteiger partial charge in [-0.05, 0) is 50.4 Å². The van der Waals surface area contributed by atoms with Gasteiger partial charge < -0.3 is 4.57 Å². The van der Waals surface area contributed by atoms with Crippen molar-refractivity contribution in [1.82, 2.24) is 4.57 Å². The number of thioether (sulfide) groups is 1. The average Bonchev–Trinajstić information content (AvgIpc) is 2.82. The molecule has 1 aromatic carbocycles. The molecule has 0 atom stereocenters. The molecule has 0 aliphatic rings. The van der Waals surface area contributed by atoms with Crippen LogP contribution in [0.25, 0.3) is 0 Å².